The largest absolute Gasteiger partial charge is 0.313 e. The molecule has 0 amide bonds. The molecule has 1 heterocycles. The number of imidazole rings is 1. The van der Waals surface area contributed by atoms with Gasteiger partial charge in [-0.05, 0) is 43.1 Å². The lowest BCUT2D eigenvalue weighted by molar-refractivity contribution is 0.673. The van der Waals surface area contributed by atoms with E-state index in [0.717, 1.165) is 25.3 Å². The summed E-state index contributed by atoms with van der Waals surface area (Å²) in [5.41, 5.74) is 3.90. The molecular formula is C16H23N3. The third-order valence-electron chi connectivity index (χ3n) is 3.38. The van der Waals surface area contributed by atoms with E-state index in [4.69, 9.17) is 0 Å². The number of benzene rings is 1. The molecule has 1 N–H and O–H groups in total. The fraction of sp³-hybridized carbons (Fsp3) is 0.438. The molecule has 2 rings (SSSR count). The minimum Gasteiger partial charge on any atom is -0.313 e. The average Bonchev–Trinajstić information content (AvgIpc) is 2.89. The van der Waals surface area contributed by atoms with Crippen molar-refractivity contribution in [1.82, 2.24) is 14.9 Å². The lowest BCUT2D eigenvalue weighted by Crippen LogP contribution is -2.14. The first kappa shape index (κ1) is 13.8. The van der Waals surface area contributed by atoms with Crippen LogP contribution < -0.4 is 5.32 Å². The van der Waals surface area contributed by atoms with Crippen LogP contribution in [0, 0.1) is 6.92 Å². The van der Waals surface area contributed by atoms with Crippen molar-refractivity contribution in [3.05, 3.63) is 47.5 Å². The Kier molecular flexibility index (Phi) is 4.74. The molecule has 3 heteroatoms. The van der Waals surface area contributed by atoms with Crippen molar-refractivity contribution in [3.63, 3.8) is 0 Å². The van der Waals surface area contributed by atoms with Gasteiger partial charge in [0.25, 0.3) is 0 Å². The van der Waals surface area contributed by atoms with Crippen LogP contribution in [0.15, 0.2) is 30.6 Å². The Hall–Kier alpha value is -1.61. The summed E-state index contributed by atoms with van der Waals surface area (Å²) in [5, 5.41) is 3.45. The fourth-order valence-electron chi connectivity index (χ4n) is 2.26. The van der Waals surface area contributed by atoms with Gasteiger partial charge in [-0.15, -0.1) is 0 Å². The lowest BCUT2D eigenvalue weighted by atomic mass is 10.1. The number of aryl methyl sites for hydroxylation is 2. The van der Waals surface area contributed by atoms with Gasteiger partial charge in [0, 0.05) is 31.0 Å². The molecule has 1 aromatic carbocycles. The lowest BCUT2D eigenvalue weighted by Gasteiger charge is -2.11. The number of nitrogens with one attached hydrogen (secondary N) is 1. The number of hydrogen-bond acceptors (Lipinski definition) is 2. The van der Waals surface area contributed by atoms with Crippen LogP contribution in [0.2, 0.25) is 0 Å². The molecule has 0 aliphatic heterocycles. The van der Waals surface area contributed by atoms with Gasteiger partial charge in [-0.3, -0.25) is 0 Å². The van der Waals surface area contributed by atoms with E-state index in [1.807, 2.05) is 12.4 Å². The predicted molar refractivity (Wildman–Crippen MR) is 79.7 cm³/mol. The van der Waals surface area contributed by atoms with Gasteiger partial charge in [-0.2, -0.15) is 0 Å². The smallest absolute Gasteiger partial charge is 0.112 e. The number of hydrogen-bond donors (Lipinski definition) is 1. The van der Waals surface area contributed by atoms with Crippen molar-refractivity contribution in [3.8, 4) is 5.69 Å². The van der Waals surface area contributed by atoms with Crippen LogP contribution in [0.25, 0.3) is 5.69 Å². The second kappa shape index (κ2) is 6.53. The first-order valence-electron chi connectivity index (χ1n) is 7.09. The summed E-state index contributed by atoms with van der Waals surface area (Å²) < 4.78 is 2.16. The monoisotopic (exact) mass is 257 g/mol. The molecule has 0 unspecified atom stereocenters. The van der Waals surface area contributed by atoms with Gasteiger partial charge in [0.05, 0.1) is 0 Å². The van der Waals surface area contributed by atoms with Crippen molar-refractivity contribution in [2.75, 3.05) is 6.54 Å². The summed E-state index contributed by atoms with van der Waals surface area (Å²) in [6, 6.07) is 6.63. The Morgan fingerprint density at radius 3 is 2.79 bits per heavy atom. The quantitative estimate of drug-likeness (QED) is 0.805. The van der Waals surface area contributed by atoms with Crippen LogP contribution in [-0.2, 0) is 13.0 Å². The van der Waals surface area contributed by atoms with Gasteiger partial charge < -0.3 is 9.88 Å². The third kappa shape index (κ3) is 3.24. The minimum absolute atomic E-state index is 0.949. The highest BCUT2D eigenvalue weighted by atomic mass is 15.1. The molecule has 0 aliphatic rings. The molecule has 0 bridgehead atoms. The molecule has 0 aliphatic carbocycles. The van der Waals surface area contributed by atoms with E-state index in [2.05, 4.69) is 53.8 Å². The van der Waals surface area contributed by atoms with Gasteiger partial charge in [-0.1, -0.05) is 19.9 Å². The molecule has 0 saturated carbocycles. The molecule has 0 atom stereocenters. The maximum atomic E-state index is 4.37. The zero-order chi connectivity index (χ0) is 13.7. The van der Waals surface area contributed by atoms with Crippen LogP contribution >= 0.6 is 0 Å². The zero-order valence-corrected chi connectivity index (χ0v) is 12.1. The Morgan fingerprint density at radius 2 is 2.11 bits per heavy atom. The Balaban J connectivity index is 2.19. The second-order valence-corrected chi connectivity index (χ2v) is 4.85. The van der Waals surface area contributed by atoms with E-state index in [1.165, 1.54) is 23.2 Å². The molecule has 1 aromatic heterocycles. The molecule has 102 valence electrons. The summed E-state index contributed by atoms with van der Waals surface area (Å²) in [6.07, 6.45) is 6.02. The van der Waals surface area contributed by atoms with Crippen molar-refractivity contribution < 1.29 is 0 Å². The molecule has 19 heavy (non-hydrogen) atoms. The van der Waals surface area contributed by atoms with Crippen molar-refractivity contribution in [2.24, 2.45) is 0 Å². The highest BCUT2D eigenvalue weighted by Crippen LogP contribution is 2.16. The van der Waals surface area contributed by atoms with E-state index in [9.17, 15) is 0 Å². The molecule has 0 fully saturated rings. The van der Waals surface area contributed by atoms with E-state index in [-0.39, 0.29) is 0 Å². The van der Waals surface area contributed by atoms with Crippen LogP contribution in [0.3, 0.4) is 0 Å². The van der Waals surface area contributed by atoms with Crippen LogP contribution in [0.5, 0.6) is 0 Å². The minimum atomic E-state index is 0.949. The Morgan fingerprint density at radius 1 is 1.26 bits per heavy atom. The van der Waals surface area contributed by atoms with Crippen LogP contribution in [-0.4, -0.2) is 16.1 Å². The van der Waals surface area contributed by atoms with E-state index >= 15 is 0 Å². The van der Waals surface area contributed by atoms with E-state index < -0.39 is 0 Å². The Bertz CT molecular complexity index is 529. The summed E-state index contributed by atoms with van der Waals surface area (Å²) in [5.74, 6) is 1.11. The highest BCUT2D eigenvalue weighted by molar-refractivity contribution is 5.41. The average molecular weight is 257 g/mol. The van der Waals surface area contributed by atoms with E-state index in [0.29, 0.717) is 0 Å². The van der Waals surface area contributed by atoms with Crippen molar-refractivity contribution in [1.29, 1.82) is 0 Å². The summed E-state index contributed by atoms with van der Waals surface area (Å²) in [7, 11) is 0. The first-order chi connectivity index (χ1) is 9.26. The number of rotatable bonds is 6. The number of aromatic nitrogens is 2. The molecule has 0 spiro atoms. The van der Waals surface area contributed by atoms with Crippen LogP contribution in [0.4, 0.5) is 0 Å². The SMILES string of the molecule is CCCNCc1ccc(-n2ccnc2CC)cc1C. The fourth-order valence-corrected chi connectivity index (χ4v) is 2.26. The van der Waals surface area contributed by atoms with Crippen LogP contribution in [0.1, 0.15) is 37.2 Å². The Labute approximate surface area is 115 Å². The highest BCUT2D eigenvalue weighted by Gasteiger charge is 2.05. The number of nitrogens with zero attached hydrogens (tertiary/aromatic N) is 2. The maximum absolute atomic E-state index is 4.37. The molecule has 3 nitrogen and oxygen atoms in total. The van der Waals surface area contributed by atoms with Crippen molar-refractivity contribution in [2.45, 2.75) is 40.2 Å². The standard InChI is InChI=1S/C16H23N3/c1-4-8-17-12-14-6-7-15(11-13(14)3)19-10-9-18-16(19)5-2/h6-7,9-11,17H,4-5,8,12H2,1-3H3. The topological polar surface area (TPSA) is 29.9 Å². The zero-order valence-electron chi connectivity index (χ0n) is 12.1. The van der Waals surface area contributed by atoms with Gasteiger partial charge in [-0.25, -0.2) is 4.98 Å². The normalized spacial score (nSPS) is 10.9. The summed E-state index contributed by atoms with van der Waals surface area (Å²) >= 11 is 0. The first-order valence-corrected chi connectivity index (χ1v) is 7.09. The maximum Gasteiger partial charge on any atom is 0.112 e. The summed E-state index contributed by atoms with van der Waals surface area (Å²) in [4.78, 5) is 4.37. The molecule has 0 saturated heterocycles. The predicted octanol–water partition coefficient (Wildman–Crippen LogP) is 3.24. The van der Waals surface area contributed by atoms with Gasteiger partial charge >= 0.3 is 0 Å². The van der Waals surface area contributed by atoms with Gasteiger partial charge in [0.1, 0.15) is 5.82 Å². The van der Waals surface area contributed by atoms with Crippen molar-refractivity contribution >= 4 is 0 Å². The molecule has 2 aromatic rings. The van der Waals surface area contributed by atoms with Gasteiger partial charge in [0.15, 0.2) is 0 Å². The second-order valence-electron chi connectivity index (χ2n) is 4.85. The van der Waals surface area contributed by atoms with E-state index in [1.54, 1.807) is 0 Å². The third-order valence-corrected chi connectivity index (χ3v) is 3.38. The molecule has 0 radical (unpaired) electrons. The summed E-state index contributed by atoms with van der Waals surface area (Å²) in [6.45, 7) is 8.52. The molecular weight excluding hydrogens is 234 g/mol. The van der Waals surface area contributed by atoms with Gasteiger partial charge in [0.2, 0.25) is 0 Å².